The van der Waals surface area contributed by atoms with Crippen LogP contribution in [-0.2, 0) is 4.74 Å². The van der Waals surface area contributed by atoms with Crippen molar-refractivity contribution in [3.8, 4) is 0 Å². The van der Waals surface area contributed by atoms with E-state index >= 15 is 0 Å². The highest BCUT2D eigenvalue weighted by Gasteiger charge is 2.30. The van der Waals surface area contributed by atoms with E-state index in [1.807, 2.05) is 0 Å². The lowest BCUT2D eigenvalue weighted by Crippen LogP contribution is -2.34. The Balaban J connectivity index is 1.83. The van der Waals surface area contributed by atoms with E-state index in [0.29, 0.717) is 12.1 Å². The summed E-state index contributed by atoms with van der Waals surface area (Å²) in [7, 11) is 0. The Labute approximate surface area is 73.7 Å². The van der Waals surface area contributed by atoms with Gasteiger partial charge in [-0.1, -0.05) is 0 Å². The number of hydrogen-bond acceptors (Lipinski definition) is 3. The molecule has 0 amide bonds. The fourth-order valence-corrected chi connectivity index (χ4v) is 2.23. The quantitative estimate of drug-likeness (QED) is 0.587. The van der Waals surface area contributed by atoms with Gasteiger partial charge in [-0.2, -0.15) is 0 Å². The van der Waals surface area contributed by atoms with Crippen molar-refractivity contribution in [3.63, 3.8) is 0 Å². The van der Waals surface area contributed by atoms with Crippen LogP contribution >= 0.6 is 0 Å². The van der Waals surface area contributed by atoms with E-state index in [2.05, 4.69) is 5.32 Å². The molecule has 0 radical (unpaired) electrons. The van der Waals surface area contributed by atoms with E-state index in [9.17, 15) is 0 Å². The largest absolute Gasteiger partial charge is 0.376 e. The Morgan fingerprint density at radius 2 is 2.00 bits per heavy atom. The molecule has 0 aromatic carbocycles. The second-order valence-corrected chi connectivity index (χ2v) is 3.95. The molecule has 2 saturated heterocycles. The number of rotatable bonds is 1. The van der Waals surface area contributed by atoms with Crippen LogP contribution in [-0.4, -0.2) is 31.8 Å². The van der Waals surface area contributed by atoms with Gasteiger partial charge in [-0.25, -0.2) is 0 Å². The molecule has 0 saturated carbocycles. The van der Waals surface area contributed by atoms with Crippen molar-refractivity contribution in [1.82, 2.24) is 5.32 Å². The molecule has 0 aromatic heterocycles. The average molecular weight is 170 g/mol. The molecule has 0 aromatic rings. The maximum absolute atomic E-state index is 5.79. The summed E-state index contributed by atoms with van der Waals surface area (Å²) in [6.45, 7) is 3.08. The SMILES string of the molecule is NC1COC(C2CCNCC2)C1. The second kappa shape index (κ2) is 3.73. The predicted octanol–water partition coefficient (Wildman–Crippen LogP) is 0.102. The maximum Gasteiger partial charge on any atom is 0.0622 e. The zero-order chi connectivity index (χ0) is 8.39. The molecule has 2 rings (SSSR count). The van der Waals surface area contributed by atoms with Crippen molar-refractivity contribution >= 4 is 0 Å². The van der Waals surface area contributed by atoms with Gasteiger partial charge >= 0.3 is 0 Å². The molecular weight excluding hydrogens is 152 g/mol. The second-order valence-electron chi connectivity index (χ2n) is 3.95. The van der Waals surface area contributed by atoms with Crippen LogP contribution in [0.4, 0.5) is 0 Å². The molecule has 3 nitrogen and oxygen atoms in total. The normalized spacial score (nSPS) is 38.8. The fourth-order valence-electron chi connectivity index (χ4n) is 2.23. The lowest BCUT2D eigenvalue weighted by atomic mass is 9.90. The van der Waals surface area contributed by atoms with Gasteiger partial charge in [0.1, 0.15) is 0 Å². The highest BCUT2D eigenvalue weighted by molar-refractivity contribution is 4.83. The van der Waals surface area contributed by atoms with E-state index in [4.69, 9.17) is 10.5 Å². The van der Waals surface area contributed by atoms with Crippen LogP contribution in [0, 0.1) is 5.92 Å². The van der Waals surface area contributed by atoms with E-state index in [1.54, 1.807) is 0 Å². The Morgan fingerprint density at radius 3 is 2.58 bits per heavy atom. The van der Waals surface area contributed by atoms with Crippen molar-refractivity contribution in [2.45, 2.75) is 31.4 Å². The summed E-state index contributed by atoms with van der Waals surface area (Å²) >= 11 is 0. The standard InChI is InChI=1S/C9H18N2O/c10-8-5-9(12-6-8)7-1-3-11-4-2-7/h7-9,11H,1-6,10H2. The lowest BCUT2D eigenvalue weighted by Gasteiger charge is -2.27. The fraction of sp³-hybridized carbons (Fsp3) is 1.00. The van der Waals surface area contributed by atoms with Crippen molar-refractivity contribution < 1.29 is 4.74 Å². The van der Waals surface area contributed by atoms with Gasteiger partial charge in [0.05, 0.1) is 12.7 Å². The number of ether oxygens (including phenoxy) is 1. The summed E-state index contributed by atoms with van der Waals surface area (Å²) in [5.41, 5.74) is 5.79. The minimum Gasteiger partial charge on any atom is -0.376 e. The molecule has 0 bridgehead atoms. The molecule has 3 heteroatoms. The number of nitrogens with two attached hydrogens (primary N) is 1. The molecule has 3 N–H and O–H groups in total. The molecular formula is C9H18N2O. The van der Waals surface area contributed by atoms with Crippen molar-refractivity contribution in [3.05, 3.63) is 0 Å². The average Bonchev–Trinajstić information content (AvgIpc) is 2.54. The molecule has 2 atom stereocenters. The summed E-state index contributed by atoms with van der Waals surface area (Å²) in [6, 6.07) is 0.296. The Morgan fingerprint density at radius 1 is 1.25 bits per heavy atom. The van der Waals surface area contributed by atoms with Gasteiger partial charge in [-0.3, -0.25) is 0 Å². The molecule has 2 fully saturated rings. The maximum atomic E-state index is 5.79. The van der Waals surface area contributed by atoms with Gasteiger partial charge < -0.3 is 15.8 Å². The van der Waals surface area contributed by atoms with E-state index in [0.717, 1.165) is 32.0 Å². The van der Waals surface area contributed by atoms with Crippen molar-refractivity contribution in [1.29, 1.82) is 0 Å². The first-order valence-corrected chi connectivity index (χ1v) is 4.94. The van der Waals surface area contributed by atoms with Crippen LogP contribution in [0.25, 0.3) is 0 Å². The smallest absolute Gasteiger partial charge is 0.0622 e. The molecule has 2 aliphatic rings. The van der Waals surface area contributed by atoms with Gasteiger partial charge in [0.15, 0.2) is 0 Å². The monoisotopic (exact) mass is 170 g/mol. The molecule has 2 heterocycles. The summed E-state index contributed by atoms with van der Waals surface area (Å²) in [4.78, 5) is 0. The first-order chi connectivity index (χ1) is 5.86. The third-order valence-corrected chi connectivity index (χ3v) is 2.97. The summed E-state index contributed by atoms with van der Waals surface area (Å²) in [5.74, 6) is 0.764. The highest BCUT2D eigenvalue weighted by atomic mass is 16.5. The van der Waals surface area contributed by atoms with E-state index in [1.165, 1.54) is 12.8 Å². The van der Waals surface area contributed by atoms with Crippen LogP contribution in [0.3, 0.4) is 0 Å². The number of nitrogens with one attached hydrogen (secondary N) is 1. The zero-order valence-electron chi connectivity index (χ0n) is 7.46. The zero-order valence-corrected chi connectivity index (χ0v) is 7.46. The summed E-state index contributed by atoms with van der Waals surface area (Å²) < 4.78 is 5.65. The van der Waals surface area contributed by atoms with Gasteiger partial charge in [-0.05, 0) is 38.3 Å². The molecule has 0 spiro atoms. The van der Waals surface area contributed by atoms with Crippen molar-refractivity contribution in [2.24, 2.45) is 11.7 Å². The summed E-state index contributed by atoms with van der Waals surface area (Å²) in [6.07, 6.45) is 4.06. The van der Waals surface area contributed by atoms with Crippen LogP contribution in [0.15, 0.2) is 0 Å². The van der Waals surface area contributed by atoms with Gasteiger partial charge in [0.25, 0.3) is 0 Å². The molecule has 0 aliphatic carbocycles. The van der Waals surface area contributed by atoms with Gasteiger partial charge in [-0.15, -0.1) is 0 Å². The Hall–Kier alpha value is -0.120. The number of hydrogen-bond donors (Lipinski definition) is 2. The van der Waals surface area contributed by atoms with E-state index < -0.39 is 0 Å². The van der Waals surface area contributed by atoms with Gasteiger partial charge in [0.2, 0.25) is 0 Å². The topological polar surface area (TPSA) is 47.3 Å². The Kier molecular flexibility index (Phi) is 2.63. The molecule has 2 unspecified atom stereocenters. The molecule has 12 heavy (non-hydrogen) atoms. The van der Waals surface area contributed by atoms with Crippen LogP contribution in [0.1, 0.15) is 19.3 Å². The summed E-state index contributed by atoms with van der Waals surface area (Å²) in [5, 5.41) is 3.36. The first-order valence-electron chi connectivity index (χ1n) is 4.94. The van der Waals surface area contributed by atoms with Crippen LogP contribution in [0.5, 0.6) is 0 Å². The predicted molar refractivity (Wildman–Crippen MR) is 47.9 cm³/mol. The van der Waals surface area contributed by atoms with Crippen LogP contribution in [0.2, 0.25) is 0 Å². The highest BCUT2D eigenvalue weighted by Crippen LogP contribution is 2.26. The van der Waals surface area contributed by atoms with Crippen molar-refractivity contribution in [2.75, 3.05) is 19.7 Å². The lowest BCUT2D eigenvalue weighted by molar-refractivity contribution is 0.0500. The van der Waals surface area contributed by atoms with Gasteiger partial charge in [0, 0.05) is 6.04 Å². The minimum absolute atomic E-state index is 0.296. The van der Waals surface area contributed by atoms with Crippen LogP contribution < -0.4 is 11.1 Å². The third kappa shape index (κ3) is 1.79. The molecule has 70 valence electrons. The first kappa shape index (κ1) is 8.48. The Bertz CT molecular complexity index is 143. The van der Waals surface area contributed by atoms with E-state index in [-0.39, 0.29) is 0 Å². The third-order valence-electron chi connectivity index (χ3n) is 2.97. The number of piperidine rings is 1. The minimum atomic E-state index is 0.296. The molecule has 2 aliphatic heterocycles.